The Morgan fingerprint density at radius 3 is 2.26 bits per heavy atom. The number of hydrogen-bond acceptors (Lipinski definition) is 4. The molecule has 0 saturated carbocycles. The van der Waals surface area contributed by atoms with E-state index in [4.69, 9.17) is 27.9 Å². The van der Waals surface area contributed by atoms with Gasteiger partial charge in [-0.3, -0.25) is 9.59 Å². The lowest BCUT2D eigenvalue weighted by molar-refractivity contribution is -0.137. The van der Waals surface area contributed by atoms with Crippen molar-refractivity contribution in [3.63, 3.8) is 0 Å². The summed E-state index contributed by atoms with van der Waals surface area (Å²) >= 11 is 11.6. The number of rotatable bonds is 6. The summed E-state index contributed by atoms with van der Waals surface area (Å²) in [4.78, 5) is 23.9. The van der Waals surface area contributed by atoms with E-state index in [1.165, 1.54) is 6.21 Å². The Balaban J connectivity index is 1.51. The first-order chi connectivity index (χ1) is 16.1. The topological polar surface area (TPSA) is 79.8 Å². The minimum Gasteiger partial charge on any atom is -0.489 e. The van der Waals surface area contributed by atoms with Crippen LogP contribution in [0.4, 0.5) is 18.9 Å². The number of benzene rings is 3. The molecule has 6 nitrogen and oxygen atoms in total. The van der Waals surface area contributed by atoms with Gasteiger partial charge < -0.3 is 10.1 Å². The van der Waals surface area contributed by atoms with Gasteiger partial charge in [-0.15, -0.1) is 0 Å². The predicted molar refractivity (Wildman–Crippen MR) is 123 cm³/mol. The lowest BCUT2D eigenvalue weighted by Crippen LogP contribution is -2.32. The summed E-state index contributed by atoms with van der Waals surface area (Å²) in [6, 6.07) is 16.3. The maximum absolute atomic E-state index is 12.8. The smallest absolute Gasteiger partial charge is 0.416 e. The van der Waals surface area contributed by atoms with Gasteiger partial charge in [-0.2, -0.15) is 18.3 Å². The lowest BCUT2D eigenvalue weighted by Gasteiger charge is -2.11. The summed E-state index contributed by atoms with van der Waals surface area (Å²) in [5.74, 6) is -1.81. The molecule has 0 bridgehead atoms. The van der Waals surface area contributed by atoms with E-state index in [1.54, 1.807) is 36.4 Å². The molecule has 11 heteroatoms. The van der Waals surface area contributed by atoms with E-state index in [-0.39, 0.29) is 10.7 Å². The molecule has 0 heterocycles. The molecule has 0 aliphatic heterocycles. The van der Waals surface area contributed by atoms with Crippen LogP contribution in [0.2, 0.25) is 10.0 Å². The highest BCUT2D eigenvalue weighted by molar-refractivity contribution is 6.41. The van der Waals surface area contributed by atoms with Crippen molar-refractivity contribution in [1.82, 2.24) is 5.43 Å². The number of amides is 2. The van der Waals surface area contributed by atoms with Crippen LogP contribution < -0.4 is 15.5 Å². The van der Waals surface area contributed by atoms with Crippen LogP contribution in [0.5, 0.6) is 5.75 Å². The van der Waals surface area contributed by atoms with E-state index in [1.807, 2.05) is 22.9 Å². The third kappa shape index (κ3) is 7.23. The lowest BCUT2D eigenvalue weighted by atomic mass is 10.2. The van der Waals surface area contributed by atoms with Crippen molar-refractivity contribution >= 4 is 46.9 Å². The minimum atomic E-state index is -4.63. The van der Waals surface area contributed by atoms with Gasteiger partial charge >= 0.3 is 18.0 Å². The zero-order valence-corrected chi connectivity index (χ0v) is 18.7. The molecule has 0 unspecified atom stereocenters. The van der Waals surface area contributed by atoms with Crippen molar-refractivity contribution in [2.45, 2.75) is 12.8 Å². The van der Waals surface area contributed by atoms with E-state index in [2.05, 4.69) is 5.10 Å². The largest absolute Gasteiger partial charge is 0.489 e. The number of alkyl halides is 3. The number of hydrogen-bond donors (Lipinski definition) is 2. The molecule has 176 valence electrons. The molecule has 0 aromatic heterocycles. The standard InChI is InChI=1S/C23H16Cl2F3N3O3/c24-17-6-1-15(2-7-17)13-34-18-8-3-14(4-9-18)12-29-31-22(33)21(32)30-20-11-16(23(26,27)28)5-10-19(20)25/h1-12H,13H2,(H,30,32)(H,31,33). The second kappa shape index (κ2) is 11.0. The minimum absolute atomic E-state index is 0.156. The van der Waals surface area contributed by atoms with Crippen LogP contribution in [0.25, 0.3) is 0 Å². The van der Waals surface area contributed by atoms with Gasteiger partial charge in [-0.25, -0.2) is 5.43 Å². The van der Waals surface area contributed by atoms with Gasteiger partial charge in [0.15, 0.2) is 0 Å². The van der Waals surface area contributed by atoms with Gasteiger partial charge in [-0.05, 0) is 65.7 Å². The van der Waals surface area contributed by atoms with Gasteiger partial charge in [0, 0.05) is 5.02 Å². The fourth-order valence-electron chi connectivity index (χ4n) is 2.59. The summed E-state index contributed by atoms with van der Waals surface area (Å²) in [5.41, 5.74) is 2.16. The van der Waals surface area contributed by atoms with Crippen molar-refractivity contribution in [3.05, 3.63) is 93.5 Å². The first-order valence-corrected chi connectivity index (χ1v) is 10.4. The number of anilines is 1. The van der Waals surface area contributed by atoms with Gasteiger partial charge in [0.2, 0.25) is 0 Å². The number of carbonyl (C=O) groups is 2. The Morgan fingerprint density at radius 1 is 0.941 bits per heavy atom. The second-order valence-electron chi connectivity index (χ2n) is 6.83. The van der Waals surface area contributed by atoms with Crippen LogP contribution >= 0.6 is 23.2 Å². The van der Waals surface area contributed by atoms with Crippen molar-refractivity contribution in [2.24, 2.45) is 5.10 Å². The molecular weight excluding hydrogens is 494 g/mol. The maximum Gasteiger partial charge on any atom is 0.416 e. The summed E-state index contributed by atoms with van der Waals surface area (Å²) < 4.78 is 44.1. The summed E-state index contributed by atoms with van der Waals surface area (Å²) in [5, 5.41) is 6.17. The molecule has 0 saturated heterocycles. The summed E-state index contributed by atoms with van der Waals surface area (Å²) in [6.07, 6.45) is -3.35. The van der Waals surface area contributed by atoms with Crippen molar-refractivity contribution in [1.29, 1.82) is 0 Å². The molecule has 2 amide bonds. The number of ether oxygens (including phenoxy) is 1. The molecule has 3 rings (SSSR count). The van der Waals surface area contributed by atoms with Crippen molar-refractivity contribution in [2.75, 3.05) is 5.32 Å². The van der Waals surface area contributed by atoms with Gasteiger partial charge in [0.05, 0.1) is 22.5 Å². The highest BCUT2D eigenvalue weighted by atomic mass is 35.5. The molecule has 3 aromatic carbocycles. The first kappa shape index (κ1) is 25.1. The molecule has 34 heavy (non-hydrogen) atoms. The Labute approximate surface area is 202 Å². The molecule has 0 aliphatic carbocycles. The molecule has 2 N–H and O–H groups in total. The number of hydrazone groups is 1. The van der Waals surface area contributed by atoms with Crippen LogP contribution in [-0.2, 0) is 22.4 Å². The van der Waals surface area contributed by atoms with Gasteiger partial charge in [0.25, 0.3) is 0 Å². The highest BCUT2D eigenvalue weighted by Crippen LogP contribution is 2.33. The van der Waals surface area contributed by atoms with Crippen LogP contribution in [0.1, 0.15) is 16.7 Å². The zero-order valence-electron chi connectivity index (χ0n) is 17.2. The molecule has 0 atom stereocenters. The normalized spacial score (nSPS) is 11.3. The average Bonchev–Trinajstić information content (AvgIpc) is 2.80. The molecule has 3 aromatic rings. The third-order valence-electron chi connectivity index (χ3n) is 4.33. The van der Waals surface area contributed by atoms with Crippen LogP contribution in [-0.4, -0.2) is 18.0 Å². The Kier molecular flexibility index (Phi) is 8.14. The first-order valence-electron chi connectivity index (χ1n) is 9.60. The van der Waals surface area contributed by atoms with Crippen LogP contribution in [0.15, 0.2) is 71.8 Å². The summed E-state index contributed by atoms with van der Waals surface area (Å²) in [6.45, 7) is 0.353. The van der Waals surface area contributed by atoms with Gasteiger partial charge in [-0.1, -0.05) is 35.3 Å². The van der Waals surface area contributed by atoms with E-state index in [9.17, 15) is 22.8 Å². The predicted octanol–water partition coefficient (Wildman–Crippen LogP) is 5.68. The SMILES string of the molecule is O=C(NN=Cc1ccc(OCc2ccc(Cl)cc2)cc1)C(=O)Nc1cc(C(F)(F)F)ccc1Cl. The molecule has 0 fully saturated rings. The Hall–Kier alpha value is -3.56. The monoisotopic (exact) mass is 509 g/mol. The van der Waals surface area contributed by atoms with E-state index >= 15 is 0 Å². The Bertz CT molecular complexity index is 1200. The average molecular weight is 510 g/mol. The van der Waals surface area contributed by atoms with E-state index in [0.29, 0.717) is 29.0 Å². The highest BCUT2D eigenvalue weighted by Gasteiger charge is 2.31. The van der Waals surface area contributed by atoms with Crippen LogP contribution in [0.3, 0.4) is 0 Å². The quantitative estimate of drug-likeness (QED) is 0.255. The molecule has 0 spiro atoms. The van der Waals surface area contributed by atoms with Gasteiger partial charge in [0.1, 0.15) is 12.4 Å². The number of nitrogens with zero attached hydrogens (tertiary/aromatic N) is 1. The zero-order chi connectivity index (χ0) is 24.7. The van der Waals surface area contributed by atoms with Crippen LogP contribution in [0, 0.1) is 0 Å². The fraction of sp³-hybridized carbons (Fsp3) is 0.0870. The van der Waals surface area contributed by atoms with Crippen molar-refractivity contribution < 1.29 is 27.5 Å². The summed E-state index contributed by atoms with van der Waals surface area (Å²) in [7, 11) is 0. The Morgan fingerprint density at radius 2 is 1.62 bits per heavy atom. The maximum atomic E-state index is 12.8. The number of nitrogens with one attached hydrogen (secondary N) is 2. The second-order valence-corrected chi connectivity index (χ2v) is 7.67. The van der Waals surface area contributed by atoms with E-state index in [0.717, 1.165) is 17.7 Å². The molecule has 0 aliphatic rings. The molecule has 0 radical (unpaired) electrons. The fourth-order valence-corrected chi connectivity index (χ4v) is 2.88. The molecular formula is C23H16Cl2F3N3O3. The number of halogens is 5. The van der Waals surface area contributed by atoms with E-state index < -0.39 is 23.6 Å². The number of carbonyl (C=O) groups excluding carboxylic acids is 2. The third-order valence-corrected chi connectivity index (χ3v) is 4.91. The van der Waals surface area contributed by atoms with Crippen molar-refractivity contribution in [3.8, 4) is 5.75 Å².